The molecule has 0 aromatic heterocycles. The molecule has 0 aromatic rings. The third-order valence-corrected chi connectivity index (χ3v) is 7.73. The topological polar surface area (TPSA) is 37.3 Å². The molecule has 2 saturated carbocycles. The van der Waals surface area contributed by atoms with Crippen LogP contribution in [0.4, 0.5) is 0 Å². The van der Waals surface area contributed by atoms with E-state index < -0.39 is 5.60 Å². The van der Waals surface area contributed by atoms with Gasteiger partial charge in [0.05, 0.1) is 0 Å². The second-order valence-corrected chi connectivity index (χ2v) is 8.54. The molecule has 4 rings (SSSR count). The summed E-state index contributed by atoms with van der Waals surface area (Å²) >= 11 is 0. The monoisotopic (exact) mass is 310 g/mol. The van der Waals surface area contributed by atoms with E-state index in [0.717, 1.165) is 38.5 Å². The van der Waals surface area contributed by atoms with E-state index in [1.165, 1.54) is 11.1 Å². The molecule has 4 aliphatic rings. The summed E-state index contributed by atoms with van der Waals surface area (Å²) in [5.41, 5.74) is 1.78. The van der Waals surface area contributed by atoms with Gasteiger partial charge in [-0.15, -0.1) is 6.42 Å². The minimum absolute atomic E-state index is 0.0645. The summed E-state index contributed by atoms with van der Waals surface area (Å²) in [6.45, 7) is 4.52. The van der Waals surface area contributed by atoms with Crippen LogP contribution < -0.4 is 0 Å². The Kier molecular flexibility index (Phi) is 3.05. The van der Waals surface area contributed by atoms with Gasteiger partial charge in [0, 0.05) is 17.3 Å². The second kappa shape index (κ2) is 4.61. The first-order valence-electron chi connectivity index (χ1n) is 8.99. The first-order valence-corrected chi connectivity index (χ1v) is 8.99. The van der Waals surface area contributed by atoms with Gasteiger partial charge in [0.25, 0.3) is 0 Å². The molecule has 4 aliphatic carbocycles. The number of carbonyl (C=O) groups is 1. The van der Waals surface area contributed by atoms with Crippen molar-refractivity contribution >= 4 is 5.78 Å². The third kappa shape index (κ3) is 1.78. The zero-order chi connectivity index (χ0) is 16.5. The maximum atomic E-state index is 11.8. The first kappa shape index (κ1) is 15.2. The fraction of sp³-hybridized carbons (Fsp3) is 0.667. The van der Waals surface area contributed by atoms with E-state index in [2.05, 4.69) is 25.8 Å². The minimum Gasteiger partial charge on any atom is -0.377 e. The predicted molar refractivity (Wildman–Crippen MR) is 90.5 cm³/mol. The van der Waals surface area contributed by atoms with Crippen molar-refractivity contribution in [2.45, 2.75) is 64.4 Å². The fourth-order valence-electron chi connectivity index (χ4n) is 6.11. The van der Waals surface area contributed by atoms with Gasteiger partial charge in [-0.05, 0) is 56.4 Å². The highest BCUT2D eigenvalue weighted by atomic mass is 16.3. The van der Waals surface area contributed by atoms with Crippen molar-refractivity contribution in [2.24, 2.45) is 22.7 Å². The zero-order valence-corrected chi connectivity index (χ0v) is 14.2. The highest BCUT2D eigenvalue weighted by Gasteiger charge is 2.61. The normalized spacial score (nSPS) is 48.5. The Morgan fingerprint density at radius 1 is 1.26 bits per heavy atom. The van der Waals surface area contributed by atoms with Gasteiger partial charge in [0.1, 0.15) is 5.60 Å². The molecule has 0 aromatic carbocycles. The number of aliphatic hydroxyl groups is 1. The molecule has 122 valence electrons. The Labute approximate surface area is 139 Å². The summed E-state index contributed by atoms with van der Waals surface area (Å²) in [7, 11) is 0. The van der Waals surface area contributed by atoms with Crippen molar-refractivity contribution in [2.75, 3.05) is 0 Å². The fourth-order valence-corrected chi connectivity index (χ4v) is 6.11. The van der Waals surface area contributed by atoms with Crippen LogP contribution in [-0.2, 0) is 4.79 Å². The Balaban J connectivity index is 1.78. The van der Waals surface area contributed by atoms with E-state index in [1.807, 2.05) is 6.08 Å². The van der Waals surface area contributed by atoms with Crippen LogP contribution in [0.25, 0.3) is 0 Å². The van der Waals surface area contributed by atoms with Crippen LogP contribution in [0.1, 0.15) is 58.8 Å². The van der Waals surface area contributed by atoms with Gasteiger partial charge in [-0.25, -0.2) is 0 Å². The lowest BCUT2D eigenvalue weighted by Crippen LogP contribution is -2.50. The van der Waals surface area contributed by atoms with Crippen LogP contribution in [0, 0.1) is 35.0 Å². The summed E-state index contributed by atoms with van der Waals surface area (Å²) in [4.78, 5) is 11.8. The molecule has 0 aliphatic heterocycles. The quantitative estimate of drug-likeness (QED) is 0.546. The third-order valence-electron chi connectivity index (χ3n) is 7.73. The van der Waals surface area contributed by atoms with E-state index >= 15 is 0 Å². The number of rotatable bonds is 0. The van der Waals surface area contributed by atoms with Gasteiger partial charge in [-0.3, -0.25) is 4.79 Å². The molecule has 2 heteroatoms. The second-order valence-electron chi connectivity index (χ2n) is 8.54. The number of hydrogen-bond acceptors (Lipinski definition) is 2. The summed E-state index contributed by atoms with van der Waals surface area (Å²) in [5, 5.41) is 11.0. The number of allylic oxidation sites excluding steroid dienone is 4. The minimum atomic E-state index is -0.959. The molecule has 0 amide bonds. The predicted octanol–water partition coefficient (Wildman–Crippen LogP) is 3.80. The van der Waals surface area contributed by atoms with Gasteiger partial charge in [-0.2, -0.15) is 0 Å². The maximum absolute atomic E-state index is 11.8. The van der Waals surface area contributed by atoms with Gasteiger partial charge >= 0.3 is 0 Å². The Morgan fingerprint density at radius 2 is 2.04 bits per heavy atom. The molecule has 0 unspecified atom stereocenters. The first-order chi connectivity index (χ1) is 10.8. The molecule has 23 heavy (non-hydrogen) atoms. The number of fused-ring (bicyclic) bond motifs is 5. The van der Waals surface area contributed by atoms with Crippen molar-refractivity contribution < 1.29 is 9.90 Å². The van der Waals surface area contributed by atoms with Crippen molar-refractivity contribution in [1.29, 1.82) is 0 Å². The standard InChI is InChI=1S/C21H26O2/c1-4-21(23)12-9-18-16-6-5-14-13-15(22)7-10-19(14,2)17(16)8-11-20(18,21)3/h1,8,13,16,18,23H,5-7,9-12H2,2-3H3/t16-,18-,19+,20+,21+/m1/s1. The van der Waals surface area contributed by atoms with E-state index in [0.29, 0.717) is 24.0 Å². The van der Waals surface area contributed by atoms with Crippen molar-refractivity contribution in [1.82, 2.24) is 0 Å². The molecule has 0 radical (unpaired) electrons. The van der Waals surface area contributed by atoms with Gasteiger partial charge in [0.15, 0.2) is 5.78 Å². The van der Waals surface area contributed by atoms with Gasteiger partial charge < -0.3 is 5.11 Å². The average Bonchev–Trinajstić information content (AvgIpc) is 2.80. The van der Waals surface area contributed by atoms with Crippen LogP contribution in [0.15, 0.2) is 23.3 Å². The van der Waals surface area contributed by atoms with Crippen LogP contribution in [-0.4, -0.2) is 16.5 Å². The van der Waals surface area contributed by atoms with Crippen LogP contribution in [0.5, 0.6) is 0 Å². The maximum Gasteiger partial charge on any atom is 0.155 e. The number of ketones is 1. The molecule has 5 atom stereocenters. The van der Waals surface area contributed by atoms with Crippen LogP contribution in [0.2, 0.25) is 0 Å². The summed E-state index contributed by atoms with van der Waals surface area (Å²) < 4.78 is 0. The SMILES string of the molecule is C#C[C@]1(O)CC[C@@H]2[C@@H]3CCC4=CC(=O)CC[C@]4(C)C3=CC[C@@]21C. The summed E-state index contributed by atoms with van der Waals surface area (Å²) in [5.74, 6) is 4.00. The van der Waals surface area contributed by atoms with E-state index in [9.17, 15) is 9.90 Å². The number of terminal acetylenes is 1. The van der Waals surface area contributed by atoms with E-state index in [-0.39, 0.29) is 10.8 Å². The molecule has 0 spiro atoms. The molecule has 2 fully saturated rings. The van der Waals surface area contributed by atoms with E-state index in [4.69, 9.17) is 6.42 Å². The van der Waals surface area contributed by atoms with Crippen molar-refractivity contribution in [3.05, 3.63) is 23.3 Å². The summed E-state index contributed by atoms with van der Waals surface area (Å²) in [6, 6.07) is 0. The molecule has 0 saturated heterocycles. The van der Waals surface area contributed by atoms with Crippen LogP contribution >= 0.6 is 0 Å². The van der Waals surface area contributed by atoms with Gasteiger partial charge in [-0.1, -0.05) is 37.0 Å². The molecule has 2 nitrogen and oxygen atoms in total. The number of carbonyl (C=O) groups excluding carboxylic acids is 1. The lowest BCUT2D eigenvalue weighted by molar-refractivity contribution is -0.115. The van der Waals surface area contributed by atoms with Gasteiger partial charge in [0.2, 0.25) is 0 Å². The lowest BCUT2D eigenvalue weighted by Gasteiger charge is -2.54. The number of hydrogen-bond donors (Lipinski definition) is 1. The molecular formula is C21H26O2. The van der Waals surface area contributed by atoms with Crippen LogP contribution in [0.3, 0.4) is 0 Å². The average molecular weight is 310 g/mol. The Bertz CT molecular complexity index is 678. The Morgan fingerprint density at radius 3 is 2.78 bits per heavy atom. The molecule has 0 bridgehead atoms. The van der Waals surface area contributed by atoms with Crippen molar-refractivity contribution in [3.8, 4) is 12.3 Å². The van der Waals surface area contributed by atoms with E-state index in [1.54, 1.807) is 0 Å². The summed E-state index contributed by atoms with van der Waals surface area (Å²) in [6.07, 6.45) is 16.3. The highest BCUT2D eigenvalue weighted by Crippen LogP contribution is 2.65. The molecular weight excluding hydrogens is 284 g/mol. The largest absolute Gasteiger partial charge is 0.377 e. The zero-order valence-electron chi connectivity index (χ0n) is 14.2. The highest BCUT2D eigenvalue weighted by molar-refractivity contribution is 5.92. The molecule has 1 N–H and O–H groups in total. The molecule has 0 heterocycles. The lowest BCUT2D eigenvalue weighted by atomic mass is 9.51. The Hall–Kier alpha value is -1.33. The van der Waals surface area contributed by atoms with Crippen molar-refractivity contribution in [3.63, 3.8) is 0 Å². The smallest absolute Gasteiger partial charge is 0.155 e.